The largest absolute Gasteiger partial charge is 1.00 e. The second-order valence-electron chi connectivity index (χ2n) is 6.79. The summed E-state index contributed by atoms with van der Waals surface area (Å²) in [6.07, 6.45) is 3.46. The second-order valence-corrected chi connectivity index (χ2v) is 11.4. The summed E-state index contributed by atoms with van der Waals surface area (Å²) in [5, 5.41) is 6.03. The molecule has 0 spiro atoms. The topological polar surface area (TPSA) is 0 Å². The molecule has 0 bridgehead atoms. The van der Waals surface area contributed by atoms with Crippen molar-refractivity contribution in [2.24, 2.45) is 0 Å². The van der Waals surface area contributed by atoms with Crippen LogP contribution < -0.4 is 52.8 Å². The molecule has 0 amide bonds. The molecule has 3 aromatic carbocycles. The average Bonchev–Trinajstić information content (AvgIpc) is 3.04. The van der Waals surface area contributed by atoms with Crippen LogP contribution in [-0.2, 0) is 20.4 Å². The van der Waals surface area contributed by atoms with Gasteiger partial charge in [0.05, 0.1) is 0 Å². The van der Waals surface area contributed by atoms with Gasteiger partial charge < -0.3 is 37.2 Å². The minimum atomic E-state index is -2.27. The first-order chi connectivity index (χ1) is 12.7. The zero-order valence-corrected chi connectivity index (χ0v) is 20.9. The van der Waals surface area contributed by atoms with Crippen LogP contribution >= 0.6 is 0 Å². The molecule has 0 nitrogen and oxygen atoms in total. The minimum Gasteiger partial charge on any atom is -1.00 e. The maximum Gasteiger partial charge on any atom is -1.00 e. The van der Waals surface area contributed by atoms with Crippen LogP contribution in [0.4, 0.5) is 0 Å². The second kappa shape index (κ2) is 11.4. The van der Waals surface area contributed by atoms with Crippen LogP contribution in [-0.4, -0.2) is 8.07 Å². The third-order valence-electron chi connectivity index (χ3n) is 5.38. The number of hydrogen-bond donors (Lipinski definition) is 0. The van der Waals surface area contributed by atoms with Gasteiger partial charge in [0.25, 0.3) is 0 Å². The molecule has 0 atom stereocenters. The van der Waals surface area contributed by atoms with Crippen molar-refractivity contribution in [1.82, 2.24) is 0 Å². The van der Waals surface area contributed by atoms with Gasteiger partial charge in [0.15, 0.2) is 0 Å². The van der Waals surface area contributed by atoms with Gasteiger partial charge in [-0.25, -0.2) is 0 Å². The first-order valence-corrected chi connectivity index (χ1v) is 11.8. The predicted octanol–water partition coefficient (Wildman–Crippen LogP) is -5.14. The predicted molar refractivity (Wildman–Crippen MR) is 109 cm³/mol. The molecule has 0 fully saturated rings. The van der Waals surface area contributed by atoms with E-state index in [2.05, 4.69) is 124 Å². The maximum atomic E-state index is 2.40. The molecule has 1 aliphatic carbocycles. The summed E-state index contributed by atoms with van der Waals surface area (Å²) >= 11 is 2.31. The summed E-state index contributed by atoms with van der Waals surface area (Å²) in [5.41, 5.74) is 1.43. The van der Waals surface area contributed by atoms with Crippen LogP contribution in [0.3, 0.4) is 0 Å². The van der Waals surface area contributed by atoms with E-state index in [1.807, 2.05) is 0 Å². The first-order valence-electron chi connectivity index (χ1n) is 9.03. The molecule has 29 heavy (non-hydrogen) atoms. The van der Waals surface area contributed by atoms with E-state index in [1.165, 1.54) is 25.0 Å². The van der Waals surface area contributed by atoms with Crippen LogP contribution in [0, 0.1) is 0 Å². The first kappa shape index (κ1) is 26.0. The van der Waals surface area contributed by atoms with Gasteiger partial charge in [-0.15, -0.1) is 0 Å². The fraction of sp³-hybridized carbons (Fsp3) is 0.0833. The van der Waals surface area contributed by atoms with E-state index in [0.29, 0.717) is 0 Å². The number of allylic oxidation sites excluding steroid dienone is 4. The third-order valence-corrected chi connectivity index (χ3v) is 11.8. The number of halogens is 3. The van der Waals surface area contributed by atoms with E-state index in [9.17, 15) is 0 Å². The molecule has 0 radical (unpaired) electrons. The van der Waals surface area contributed by atoms with Crippen LogP contribution in [0.25, 0.3) is 0 Å². The number of hydrogen-bond acceptors (Lipinski definition) is 0. The van der Waals surface area contributed by atoms with E-state index in [0.717, 1.165) is 6.42 Å². The molecule has 3 aromatic rings. The monoisotopic (exact) mass is 490 g/mol. The van der Waals surface area contributed by atoms with Crippen molar-refractivity contribution in [3.8, 4) is 0 Å². The molecule has 0 aliphatic heterocycles. The van der Waals surface area contributed by atoms with E-state index in [-0.39, 0.29) is 37.2 Å². The Bertz CT molecular complexity index is 874. The number of benzene rings is 3. The van der Waals surface area contributed by atoms with Gasteiger partial charge in [0.2, 0.25) is 0 Å². The van der Waals surface area contributed by atoms with Crippen LogP contribution in [0.15, 0.2) is 112 Å². The van der Waals surface area contributed by atoms with Crippen molar-refractivity contribution in [3.63, 3.8) is 0 Å². The van der Waals surface area contributed by atoms with Crippen molar-refractivity contribution < 1.29 is 57.7 Å². The Morgan fingerprint density at radius 2 is 0.966 bits per heavy atom. The van der Waals surface area contributed by atoms with E-state index < -0.39 is 8.07 Å². The van der Waals surface area contributed by atoms with Gasteiger partial charge in [0, 0.05) is 0 Å². The Balaban J connectivity index is 0.00000140. The molecule has 0 unspecified atom stereocenters. The summed E-state index contributed by atoms with van der Waals surface area (Å²) in [5.74, 6) is 0. The van der Waals surface area contributed by atoms with E-state index in [4.69, 9.17) is 0 Å². The SMILES string of the molecule is CC1=CCC([Si](c2ccccc2)(c2ccccc2)c2ccccc2)=[C]1[Ti+3].[Cl-].[Cl-].[Cl-]. The van der Waals surface area contributed by atoms with Crippen LogP contribution in [0.2, 0.25) is 0 Å². The fourth-order valence-electron chi connectivity index (χ4n) is 4.13. The van der Waals surface area contributed by atoms with Gasteiger partial charge in [-0.2, -0.15) is 0 Å². The van der Waals surface area contributed by atoms with Crippen molar-refractivity contribution in [3.05, 3.63) is 112 Å². The molecule has 0 aromatic heterocycles. The molecular formula is C24H21Cl3SiTi. The summed E-state index contributed by atoms with van der Waals surface area (Å²) in [4.78, 5) is 0. The summed E-state index contributed by atoms with van der Waals surface area (Å²) in [6, 6.07) is 33.5. The molecule has 0 saturated heterocycles. The van der Waals surface area contributed by atoms with Gasteiger partial charge in [-0.1, -0.05) is 0 Å². The Hall–Kier alpha value is -1.06. The van der Waals surface area contributed by atoms with Crippen molar-refractivity contribution in [1.29, 1.82) is 0 Å². The quantitative estimate of drug-likeness (QED) is 0.253. The van der Waals surface area contributed by atoms with E-state index >= 15 is 0 Å². The molecular weight excluding hydrogens is 471 g/mol. The summed E-state index contributed by atoms with van der Waals surface area (Å²) in [6.45, 7) is 2.25. The average molecular weight is 492 g/mol. The smallest absolute Gasteiger partial charge is 1.00 e. The summed E-state index contributed by atoms with van der Waals surface area (Å²) < 4.78 is 1.48. The van der Waals surface area contributed by atoms with Gasteiger partial charge >= 0.3 is 169 Å². The Labute approximate surface area is 205 Å². The molecule has 5 heteroatoms. The minimum absolute atomic E-state index is 0. The fourth-order valence-corrected chi connectivity index (χ4v) is 10.4. The normalized spacial score (nSPS) is 13.0. The standard InChI is InChI=1S/C24H21Si.3ClH.Ti/c1-20-17-18-24(19-20)25(21-11-5-2-6-12-21,22-13-7-3-8-14-22)23-15-9-4-10-16-23;;;;/h2-17H,18H2,1H3;3*1H;/q;;;;+3/p-3. The van der Waals surface area contributed by atoms with Gasteiger partial charge in [-0.05, 0) is 0 Å². The Morgan fingerprint density at radius 1 is 0.621 bits per heavy atom. The third kappa shape index (κ3) is 4.66. The molecule has 1 aliphatic rings. The number of rotatable bonds is 4. The maximum absolute atomic E-state index is 2.40. The van der Waals surface area contributed by atoms with Gasteiger partial charge in [0.1, 0.15) is 0 Å². The van der Waals surface area contributed by atoms with Crippen LogP contribution in [0.5, 0.6) is 0 Å². The Kier molecular flexibility index (Phi) is 10.2. The van der Waals surface area contributed by atoms with Gasteiger partial charge in [-0.3, -0.25) is 0 Å². The van der Waals surface area contributed by atoms with Crippen molar-refractivity contribution in [2.75, 3.05) is 0 Å². The molecule has 4 rings (SSSR count). The van der Waals surface area contributed by atoms with Crippen LogP contribution in [0.1, 0.15) is 13.3 Å². The zero-order valence-electron chi connectivity index (χ0n) is 16.1. The molecule has 0 N–H and O–H groups in total. The van der Waals surface area contributed by atoms with Crippen molar-refractivity contribution >= 4 is 23.6 Å². The molecule has 146 valence electrons. The summed E-state index contributed by atoms with van der Waals surface area (Å²) in [7, 11) is -2.27. The Morgan fingerprint density at radius 3 is 1.24 bits per heavy atom. The molecule has 0 heterocycles. The van der Waals surface area contributed by atoms with E-state index in [1.54, 1.807) is 5.20 Å². The van der Waals surface area contributed by atoms with Crippen molar-refractivity contribution in [2.45, 2.75) is 13.3 Å². The molecule has 0 saturated carbocycles. The zero-order chi connectivity index (χ0) is 18.0.